The highest BCUT2D eigenvalue weighted by atomic mass is 35.5. The Kier molecular flexibility index (Phi) is 6.79. The highest BCUT2D eigenvalue weighted by molar-refractivity contribution is 7.09. The Hall–Kier alpha value is -1.14. The largest absolute Gasteiger partial charge is 0.492 e. The maximum Gasteiger partial charge on any atom is 0.125 e. The first-order chi connectivity index (χ1) is 12.7. The third-order valence-electron chi connectivity index (χ3n) is 6.04. The van der Waals surface area contributed by atoms with Gasteiger partial charge in [-0.1, -0.05) is 18.2 Å². The van der Waals surface area contributed by atoms with Crippen LogP contribution in [0.15, 0.2) is 29.8 Å². The first-order valence-corrected chi connectivity index (χ1v) is 10.6. The van der Waals surface area contributed by atoms with Crippen molar-refractivity contribution in [1.82, 2.24) is 15.2 Å². The number of aromatic nitrogens is 1. The van der Waals surface area contributed by atoms with Crippen molar-refractivity contribution < 1.29 is 4.74 Å². The Morgan fingerprint density at radius 1 is 1.26 bits per heavy atom. The number of thiazole rings is 1. The summed E-state index contributed by atoms with van der Waals surface area (Å²) >= 11 is 1.76. The predicted octanol–water partition coefficient (Wildman–Crippen LogP) is 4.20. The van der Waals surface area contributed by atoms with Crippen LogP contribution in [0.3, 0.4) is 0 Å². The van der Waals surface area contributed by atoms with Gasteiger partial charge in [0.15, 0.2) is 0 Å². The van der Waals surface area contributed by atoms with Gasteiger partial charge in [-0.2, -0.15) is 0 Å². The van der Waals surface area contributed by atoms with Crippen molar-refractivity contribution in [3.63, 3.8) is 0 Å². The quantitative estimate of drug-likeness (QED) is 0.746. The Labute approximate surface area is 172 Å². The van der Waals surface area contributed by atoms with Crippen molar-refractivity contribution in [2.75, 3.05) is 26.2 Å². The van der Waals surface area contributed by atoms with E-state index in [0.29, 0.717) is 11.5 Å². The lowest BCUT2D eigenvalue weighted by Crippen LogP contribution is -2.37. The molecule has 1 aromatic carbocycles. The van der Waals surface area contributed by atoms with Crippen LogP contribution in [0.4, 0.5) is 0 Å². The zero-order chi connectivity index (χ0) is 18.0. The van der Waals surface area contributed by atoms with Crippen LogP contribution < -0.4 is 10.1 Å². The lowest BCUT2D eigenvalue weighted by molar-refractivity contribution is 0.161. The molecule has 1 aliphatic carbocycles. The van der Waals surface area contributed by atoms with Crippen LogP contribution in [0.1, 0.15) is 35.4 Å². The van der Waals surface area contributed by atoms with Gasteiger partial charge in [-0.3, -0.25) is 4.90 Å². The van der Waals surface area contributed by atoms with Crippen molar-refractivity contribution in [2.45, 2.75) is 45.7 Å². The minimum atomic E-state index is 0. The summed E-state index contributed by atoms with van der Waals surface area (Å²) in [6, 6.07) is 7.04. The van der Waals surface area contributed by atoms with E-state index in [1.54, 1.807) is 11.3 Å². The summed E-state index contributed by atoms with van der Waals surface area (Å²) in [4.78, 5) is 7.14. The topological polar surface area (TPSA) is 37.4 Å². The molecule has 1 unspecified atom stereocenters. The second-order valence-electron chi connectivity index (χ2n) is 7.80. The fourth-order valence-corrected chi connectivity index (χ4v) is 5.09. The number of piperidine rings is 1. The number of hydrogen-bond acceptors (Lipinski definition) is 5. The number of nitrogens with zero attached hydrogens (tertiary/aromatic N) is 2. The summed E-state index contributed by atoms with van der Waals surface area (Å²) in [5.41, 5.74) is 2.98. The summed E-state index contributed by atoms with van der Waals surface area (Å²) in [6.07, 6.45) is 5.87. The molecule has 4 nitrogen and oxygen atoms in total. The Bertz CT molecular complexity index is 711. The SMILES string of the molecule is Cc1cccc(C)c1OCCN(Cc1nccs1)C1CC12CCNCC2.Cl. The molecule has 0 radical (unpaired) electrons. The van der Waals surface area contributed by atoms with Crippen LogP contribution in [0.25, 0.3) is 0 Å². The number of benzene rings is 1. The molecule has 1 saturated heterocycles. The summed E-state index contributed by atoms with van der Waals surface area (Å²) in [7, 11) is 0. The van der Waals surface area contributed by atoms with Gasteiger partial charge in [0, 0.05) is 24.2 Å². The summed E-state index contributed by atoms with van der Waals surface area (Å²) in [5.74, 6) is 1.05. The minimum absolute atomic E-state index is 0. The van der Waals surface area contributed by atoms with Crippen molar-refractivity contribution in [3.8, 4) is 5.75 Å². The number of aryl methyl sites for hydroxylation is 2. The smallest absolute Gasteiger partial charge is 0.125 e. The molecule has 2 aromatic rings. The summed E-state index contributed by atoms with van der Waals surface area (Å²) in [6.45, 7) is 9.24. The average molecular weight is 408 g/mol. The lowest BCUT2D eigenvalue weighted by atomic mass is 9.93. The first kappa shape index (κ1) is 20.6. The highest BCUT2D eigenvalue weighted by Gasteiger charge is 2.56. The number of para-hydroxylation sites is 1. The molecule has 2 aliphatic rings. The molecular formula is C21H30ClN3OS. The van der Waals surface area contributed by atoms with E-state index >= 15 is 0 Å². The van der Waals surface area contributed by atoms with E-state index < -0.39 is 0 Å². The standard InChI is InChI=1S/C21H29N3OS.ClH/c1-16-4-3-5-17(2)20(16)25-12-11-24(15-19-23-10-13-26-19)18-14-21(18)6-8-22-9-7-21;/h3-5,10,13,18,22H,6-9,11-12,14-15H2,1-2H3;1H. The molecule has 2 fully saturated rings. The second kappa shape index (κ2) is 8.91. The van der Waals surface area contributed by atoms with E-state index in [1.807, 2.05) is 6.20 Å². The number of nitrogens with one attached hydrogen (secondary N) is 1. The molecule has 1 aromatic heterocycles. The van der Waals surface area contributed by atoms with E-state index in [9.17, 15) is 0 Å². The fourth-order valence-electron chi connectivity index (χ4n) is 4.45. The zero-order valence-electron chi connectivity index (χ0n) is 16.2. The van der Waals surface area contributed by atoms with Crippen LogP contribution >= 0.6 is 23.7 Å². The number of ether oxygens (including phenoxy) is 1. The van der Waals surface area contributed by atoms with Gasteiger partial charge in [-0.05, 0) is 62.7 Å². The van der Waals surface area contributed by atoms with E-state index in [-0.39, 0.29) is 12.4 Å². The van der Waals surface area contributed by atoms with Gasteiger partial charge in [0.25, 0.3) is 0 Å². The maximum absolute atomic E-state index is 6.20. The van der Waals surface area contributed by atoms with Crippen molar-refractivity contribution in [1.29, 1.82) is 0 Å². The van der Waals surface area contributed by atoms with Gasteiger partial charge in [0.05, 0.1) is 6.54 Å². The first-order valence-electron chi connectivity index (χ1n) is 9.70. The Morgan fingerprint density at radius 2 is 2.00 bits per heavy atom. The van der Waals surface area contributed by atoms with Gasteiger partial charge < -0.3 is 10.1 Å². The monoisotopic (exact) mass is 407 g/mol. The second-order valence-corrected chi connectivity index (χ2v) is 8.78. The Balaban J connectivity index is 0.00000210. The fraction of sp³-hybridized carbons (Fsp3) is 0.571. The van der Waals surface area contributed by atoms with E-state index in [1.165, 1.54) is 48.5 Å². The van der Waals surface area contributed by atoms with Gasteiger partial charge in [-0.15, -0.1) is 23.7 Å². The van der Waals surface area contributed by atoms with E-state index in [0.717, 1.165) is 25.4 Å². The van der Waals surface area contributed by atoms with Gasteiger partial charge >= 0.3 is 0 Å². The molecule has 27 heavy (non-hydrogen) atoms. The maximum atomic E-state index is 6.20. The molecule has 1 saturated carbocycles. The molecule has 1 atom stereocenters. The highest BCUT2D eigenvalue weighted by Crippen LogP contribution is 2.56. The van der Waals surface area contributed by atoms with Crippen LogP contribution in [-0.2, 0) is 6.54 Å². The molecule has 0 bridgehead atoms. The predicted molar refractivity (Wildman–Crippen MR) is 114 cm³/mol. The van der Waals surface area contributed by atoms with Gasteiger partial charge in [-0.25, -0.2) is 4.98 Å². The molecule has 0 amide bonds. The van der Waals surface area contributed by atoms with E-state index in [4.69, 9.17) is 4.74 Å². The zero-order valence-corrected chi connectivity index (χ0v) is 17.9. The summed E-state index contributed by atoms with van der Waals surface area (Å²) < 4.78 is 6.20. The van der Waals surface area contributed by atoms with Crippen molar-refractivity contribution >= 4 is 23.7 Å². The van der Waals surface area contributed by atoms with Crippen LogP contribution in [0, 0.1) is 19.3 Å². The molecule has 1 N–H and O–H groups in total. The number of hydrogen-bond donors (Lipinski definition) is 1. The average Bonchev–Trinajstić information content (AvgIpc) is 3.07. The molecule has 4 rings (SSSR count). The van der Waals surface area contributed by atoms with E-state index in [2.05, 4.69) is 52.6 Å². The van der Waals surface area contributed by atoms with Crippen LogP contribution in [0.2, 0.25) is 0 Å². The van der Waals surface area contributed by atoms with Gasteiger partial charge in [0.2, 0.25) is 0 Å². The normalized spacial score (nSPS) is 20.5. The number of rotatable bonds is 7. The molecule has 1 spiro atoms. The molecule has 6 heteroatoms. The van der Waals surface area contributed by atoms with Crippen LogP contribution in [-0.4, -0.2) is 42.2 Å². The van der Waals surface area contributed by atoms with Crippen molar-refractivity contribution in [2.24, 2.45) is 5.41 Å². The lowest BCUT2D eigenvalue weighted by Gasteiger charge is -2.29. The molecule has 2 heterocycles. The van der Waals surface area contributed by atoms with Gasteiger partial charge in [0.1, 0.15) is 17.4 Å². The van der Waals surface area contributed by atoms with Crippen LogP contribution in [0.5, 0.6) is 5.75 Å². The molecule has 1 aliphatic heterocycles. The molecular weight excluding hydrogens is 378 g/mol. The third-order valence-corrected chi connectivity index (χ3v) is 6.81. The molecule has 148 valence electrons. The minimum Gasteiger partial charge on any atom is -0.492 e. The Morgan fingerprint density at radius 3 is 2.67 bits per heavy atom. The number of halogens is 1. The third kappa shape index (κ3) is 4.65. The summed E-state index contributed by atoms with van der Waals surface area (Å²) in [5, 5.41) is 6.80. The van der Waals surface area contributed by atoms with Crippen molar-refractivity contribution in [3.05, 3.63) is 45.9 Å².